The summed E-state index contributed by atoms with van der Waals surface area (Å²) in [4.78, 5) is 9.20. The SMILES string of the molecule is C=CCc1nc2cccnc2n1Cc1ccc(-c2ccccc2)cc1. The van der Waals surface area contributed by atoms with Crippen molar-refractivity contribution in [3.05, 3.63) is 97.0 Å². The molecule has 0 saturated carbocycles. The van der Waals surface area contributed by atoms with Crippen molar-refractivity contribution in [1.29, 1.82) is 0 Å². The van der Waals surface area contributed by atoms with Crippen molar-refractivity contribution < 1.29 is 0 Å². The molecule has 0 amide bonds. The number of hydrogen-bond donors (Lipinski definition) is 0. The van der Waals surface area contributed by atoms with Crippen molar-refractivity contribution in [1.82, 2.24) is 14.5 Å². The van der Waals surface area contributed by atoms with E-state index < -0.39 is 0 Å². The lowest BCUT2D eigenvalue weighted by molar-refractivity contribution is 0.760. The van der Waals surface area contributed by atoms with Gasteiger partial charge in [0.05, 0.1) is 6.54 Å². The molecule has 0 aliphatic carbocycles. The summed E-state index contributed by atoms with van der Waals surface area (Å²) < 4.78 is 2.18. The standard InChI is InChI=1S/C22H19N3/c1-2-7-21-24-20-10-6-15-23-22(20)25(21)16-17-11-13-19(14-12-17)18-8-4-3-5-9-18/h2-6,8-15H,1,7,16H2. The van der Waals surface area contributed by atoms with Crippen LogP contribution in [0, 0.1) is 0 Å². The summed E-state index contributed by atoms with van der Waals surface area (Å²) in [5.74, 6) is 0.996. The minimum atomic E-state index is 0.735. The molecule has 4 rings (SSSR count). The highest BCUT2D eigenvalue weighted by molar-refractivity contribution is 5.71. The van der Waals surface area contributed by atoms with Gasteiger partial charge in [-0.2, -0.15) is 0 Å². The Balaban J connectivity index is 1.67. The van der Waals surface area contributed by atoms with Gasteiger partial charge in [0.2, 0.25) is 0 Å². The largest absolute Gasteiger partial charge is 0.308 e. The Bertz CT molecular complexity index is 999. The number of pyridine rings is 1. The Morgan fingerprint density at radius 1 is 0.880 bits per heavy atom. The van der Waals surface area contributed by atoms with Crippen LogP contribution in [-0.4, -0.2) is 14.5 Å². The molecule has 2 aromatic heterocycles. The lowest BCUT2D eigenvalue weighted by Crippen LogP contribution is -2.05. The average Bonchev–Trinajstić information content (AvgIpc) is 3.01. The van der Waals surface area contributed by atoms with Gasteiger partial charge < -0.3 is 4.57 Å². The van der Waals surface area contributed by atoms with Crippen LogP contribution in [0.4, 0.5) is 0 Å². The predicted octanol–water partition coefficient (Wildman–Crippen LogP) is 4.88. The molecule has 4 aromatic rings. The second kappa shape index (κ2) is 6.73. The van der Waals surface area contributed by atoms with E-state index in [-0.39, 0.29) is 0 Å². The van der Waals surface area contributed by atoms with E-state index in [2.05, 4.69) is 64.7 Å². The second-order valence-electron chi connectivity index (χ2n) is 6.02. The molecule has 0 N–H and O–H groups in total. The Kier molecular flexibility index (Phi) is 4.13. The van der Waals surface area contributed by atoms with Crippen LogP contribution in [0.25, 0.3) is 22.3 Å². The topological polar surface area (TPSA) is 30.7 Å². The van der Waals surface area contributed by atoms with Crippen LogP contribution in [0.2, 0.25) is 0 Å². The molecule has 3 nitrogen and oxygen atoms in total. The van der Waals surface area contributed by atoms with Crippen LogP contribution in [0.5, 0.6) is 0 Å². The van der Waals surface area contributed by atoms with Crippen LogP contribution >= 0.6 is 0 Å². The quantitative estimate of drug-likeness (QED) is 0.490. The molecule has 2 heterocycles. The lowest BCUT2D eigenvalue weighted by atomic mass is 10.0. The fraction of sp³-hybridized carbons (Fsp3) is 0.0909. The van der Waals surface area contributed by atoms with Gasteiger partial charge in [0.25, 0.3) is 0 Å². The van der Waals surface area contributed by atoms with Gasteiger partial charge in [0.15, 0.2) is 5.65 Å². The number of imidazole rings is 1. The highest BCUT2D eigenvalue weighted by Crippen LogP contribution is 2.21. The lowest BCUT2D eigenvalue weighted by Gasteiger charge is -2.09. The summed E-state index contributed by atoms with van der Waals surface area (Å²) in [7, 11) is 0. The van der Waals surface area contributed by atoms with Gasteiger partial charge in [-0.3, -0.25) is 0 Å². The molecule has 0 saturated heterocycles. The zero-order chi connectivity index (χ0) is 17.1. The minimum absolute atomic E-state index is 0.735. The number of allylic oxidation sites excluding steroid dienone is 1. The predicted molar refractivity (Wildman–Crippen MR) is 102 cm³/mol. The number of benzene rings is 2. The Hall–Kier alpha value is -3.20. The first-order valence-electron chi connectivity index (χ1n) is 8.40. The van der Waals surface area contributed by atoms with E-state index in [1.165, 1.54) is 16.7 Å². The molecular formula is C22H19N3. The van der Waals surface area contributed by atoms with Crippen molar-refractivity contribution in [3.63, 3.8) is 0 Å². The molecule has 0 atom stereocenters. The number of nitrogens with zero attached hydrogens (tertiary/aromatic N) is 3. The van der Waals surface area contributed by atoms with Gasteiger partial charge >= 0.3 is 0 Å². The van der Waals surface area contributed by atoms with Crippen LogP contribution in [0.1, 0.15) is 11.4 Å². The maximum absolute atomic E-state index is 4.69. The summed E-state index contributed by atoms with van der Waals surface area (Å²) in [5, 5.41) is 0. The van der Waals surface area contributed by atoms with Gasteiger partial charge in [-0.1, -0.05) is 60.7 Å². The maximum Gasteiger partial charge on any atom is 0.160 e. The zero-order valence-corrected chi connectivity index (χ0v) is 14.0. The molecule has 0 spiro atoms. The summed E-state index contributed by atoms with van der Waals surface area (Å²) in [6, 6.07) is 23.0. The van der Waals surface area contributed by atoms with E-state index in [0.717, 1.165) is 30.0 Å². The molecule has 0 unspecified atom stereocenters. The molecule has 25 heavy (non-hydrogen) atoms. The van der Waals surface area contributed by atoms with Gasteiger partial charge in [0, 0.05) is 12.6 Å². The van der Waals surface area contributed by atoms with E-state index in [1.807, 2.05) is 30.5 Å². The Labute approximate surface area is 147 Å². The zero-order valence-electron chi connectivity index (χ0n) is 14.0. The number of hydrogen-bond acceptors (Lipinski definition) is 2. The van der Waals surface area contributed by atoms with E-state index in [1.54, 1.807) is 0 Å². The summed E-state index contributed by atoms with van der Waals surface area (Å²) in [5.41, 5.74) is 5.54. The van der Waals surface area contributed by atoms with Gasteiger partial charge in [-0.15, -0.1) is 6.58 Å². The summed E-state index contributed by atoms with van der Waals surface area (Å²) in [6.45, 7) is 4.60. The first-order chi connectivity index (χ1) is 12.3. The Morgan fingerprint density at radius 2 is 1.64 bits per heavy atom. The van der Waals surface area contributed by atoms with E-state index >= 15 is 0 Å². The number of rotatable bonds is 5. The van der Waals surface area contributed by atoms with Gasteiger partial charge in [-0.05, 0) is 28.8 Å². The monoisotopic (exact) mass is 325 g/mol. The average molecular weight is 325 g/mol. The van der Waals surface area contributed by atoms with Crippen molar-refractivity contribution in [2.75, 3.05) is 0 Å². The molecule has 0 aliphatic heterocycles. The molecule has 122 valence electrons. The number of fused-ring (bicyclic) bond motifs is 1. The first-order valence-corrected chi connectivity index (χ1v) is 8.40. The first kappa shape index (κ1) is 15.3. The molecule has 0 bridgehead atoms. The molecule has 0 fully saturated rings. The van der Waals surface area contributed by atoms with E-state index in [0.29, 0.717) is 0 Å². The van der Waals surface area contributed by atoms with Crippen molar-refractivity contribution in [2.24, 2.45) is 0 Å². The molecule has 3 heteroatoms. The third-order valence-electron chi connectivity index (χ3n) is 4.31. The highest BCUT2D eigenvalue weighted by Gasteiger charge is 2.11. The summed E-state index contributed by atoms with van der Waals surface area (Å²) in [6.07, 6.45) is 4.44. The van der Waals surface area contributed by atoms with E-state index in [9.17, 15) is 0 Å². The normalized spacial score (nSPS) is 10.9. The molecule has 0 radical (unpaired) electrons. The van der Waals surface area contributed by atoms with Gasteiger partial charge in [0.1, 0.15) is 11.3 Å². The van der Waals surface area contributed by atoms with Crippen molar-refractivity contribution >= 4 is 11.2 Å². The highest BCUT2D eigenvalue weighted by atomic mass is 15.1. The van der Waals surface area contributed by atoms with Crippen molar-refractivity contribution in [3.8, 4) is 11.1 Å². The fourth-order valence-electron chi connectivity index (χ4n) is 3.07. The van der Waals surface area contributed by atoms with Crippen molar-refractivity contribution in [2.45, 2.75) is 13.0 Å². The maximum atomic E-state index is 4.69. The second-order valence-corrected chi connectivity index (χ2v) is 6.02. The van der Waals surface area contributed by atoms with E-state index in [4.69, 9.17) is 4.98 Å². The molecular weight excluding hydrogens is 306 g/mol. The van der Waals surface area contributed by atoms with Crippen LogP contribution in [0.15, 0.2) is 85.6 Å². The molecule has 0 aliphatic rings. The molecule has 2 aromatic carbocycles. The fourth-order valence-corrected chi connectivity index (χ4v) is 3.07. The Morgan fingerprint density at radius 3 is 2.40 bits per heavy atom. The minimum Gasteiger partial charge on any atom is -0.308 e. The third kappa shape index (κ3) is 3.09. The third-order valence-corrected chi connectivity index (χ3v) is 4.31. The van der Waals surface area contributed by atoms with Crippen LogP contribution in [-0.2, 0) is 13.0 Å². The van der Waals surface area contributed by atoms with Crippen LogP contribution in [0.3, 0.4) is 0 Å². The van der Waals surface area contributed by atoms with Gasteiger partial charge in [-0.25, -0.2) is 9.97 Å². The number of aromatic nitrogens is 3. The summed E-state index contributed by atoms with van der Waals surface area (Å²) >= 11 is 0. The smallest absolute Gasteiger partial charge is 0.160 e. The van der Waals surface area contributed by atoms with Crippen LogP contribution < -0.4 is 0 Å².